The Morgan fingerprint density at radius 2 is 1.73 bits per heavy atom. The lowest BCUT2D eigenvalue weighted by molar-refractivity contribution is -0.385. The summed E-state index contributed by atoms with van der Waals surface area (Å²) >= 11 is 6.13. The van der Waals surface area contributed by atoms with Gasteiger partial charge >= 0.3 is 11.9 Å². The van der Waals surface area contributed by atoms with Gasteiger partial charge in [0.2, 0.25) is 5.75 Å². The van der Waals surface area contributed by atoms with Gasteiger partial charge in [-0.15, -0.1) is 0 Å². The molecule has 3 aromatic rings. The van der Waals surface area contributed by atoms with Gasteiger partial charge < -0.3 is 4.74 Å². The molecule has 0 spiro atoms. The van der Waals surface area contributed by atoms with E-state index in [2.05, 4.69) is 5.43 Å². The first kappa shape index (κ1) is 25.9. The van der Waals surface area contributed by atoms with Crippen LogP contribution in [0.5, 0.6) is 11.5 Å². The molecule has 1 aliphatic heterocycles. The van der Waals surface area contributed by atoms with Gasteiger partial charge in [0.1, 0.15) is 5.75 Å². The minimum absolute atomic E-state index is 0.0453. The molecule has 2 amide bonds. The maximum atomic E-state index is 13.0. The fraction of sp³-hybridized carbons (Fsp3) is 0.0417. The van der Waals surface area contributed by atoms with Gasteiger partial charge in [0.15, 0.2) is 4.32 Å². The Balaban J connectivity index is 1.60. The first-order chi connectivity index (χ1) is 17.5. The van der Waals surface area contributed by atoms with E-state index in [1.54, 1.807) is 48.5 Å². The number of para-hydroxylation sites is 1. The molecule has 0 bridgehead atoms. The summed E-state index contributed by atoms with van der Waals surface area (Å²) in [5, 5.41) is 12.3. The van der Waals surface area contributed by atoms with Crippen LogP contribution in [0, 0.1) is 10.1 Å². The molecule has 1 heterocycles. The van der Waals surface area contributed by atoms with Crippen LogP contribution < -0.4 is 10.2 Å². The molecular formula is C24H14F3N3O5S2. The maximum absolute atomic E-state index is 13.0. The lowest BCUT2D eigenvalue weighted by Crippen LogP contribution is -2.44. The zero-order valence-electron chi connectivity index (χ0n) is 18.4. The van der Waals surface area contributed by atoms with Crippen LogP contribution in [0.2, 0.25) is 0 Å². The lowest BCUT2D eigenvalue weighted by Gasteiger charge is -2.15. The lowest BCUT2D eigenvalue weighted by atomic mass is 10.1. The Morgan fingerprint density at radius 1 is 1.05 bits per heavy atom. The summed E-state index contributed by atoms with van der Waals surface area (Å²) in [5.41, 5.74) is 0.992. The van der Waals surface area contributed by atoms with Crippen molar-refractivity contribution in [3.05, 3.63) is 105 Å². The number of nitrogens with one attached hydrogen (secondary N) is 1. The molecule has 37 heavy (non-hydrogen) atoms. The van der Waals surface area contributed by atoms with E-state index in [-0.39, 0.29) is 15.0 Å². The quantitative estimate of drug-likeness (QED) is 0.177. The standard InChI is InChI=1S/C24H14F3N3O5S2/c25-24(26,27)16-10-11-19(17(13-16)30(33)34)35-18-9-5-4-8-15(18)12-20-22(32)29(23(36)37-20)28-21(31)14-6-2-1-3-7-14/h1-13H,(H,28,31). The molecule has 4 rings (SSSR count). The molecule has 0 atom stereocenters. The van der Waals surface area contributed by atoms with Crippen molar-refractivity contribution in [1.82, 2.24) is 10.4 Å². The van der Waals surface area contributed by atoms with Gasteiger partial charge in [0, 0.05) is 17.2 Å². The Kier molecular flexibility index (Phi) is 7.27. The van der Waals surface area contributed by atoms with Crippen LogP contribution in [0.25, 0.3) is 6.08 Å². The number of nitro benzene ring substituents is 1. The average molecular weight is 546 g/mol. The number of alkyl halides is 3. The van der Waals surface area contributed by atoms with Crippen LogP contribution in [0.15, 0.2) is 77.7 Å². The van der Waals surface area contributed by atoms with Gasteiger partial charge in [0.25, 0.3) is 11.8 Å². The van der Waals surface area contributed by atoms with Gasteiger partial charge in [-0.05, 0) is 48.6 Å². The fourth-order valence-corrected chi connectivity index (χ4v) is 4.37. The van der Waals surface area contributed by atoms with Gasteiger partial charge in [-0.1, -0.05) is 48.2 Å². The number of nitrogens with zero attached hydrogens (tertiary/aromatic N) is 2. The number of carbonyl (C=O) groups excluding carboxylic acids is 2. The van der Waals surface area contributed by atoms with Crippen LogP contribution in [-0.4, -0.2) is 26.1 Å². The van der Waals surface area contributed by atoms with E-state index >= 15 is 0 Å². The normalized spacial score (nSPS) is 14.7. The van der Waals surface area contributed by atoms with E-state index in [1.807, 2.05) is 0 Å². The molecule has 3 aromatic carbocycles. The molecule has 1 fully saturated rings. The van der Waals surface area contributed by atoms with E-state index in [0.29, 0.717) is 23.3 Å². The van der Waals surface area contributed by atoms with Crippen molar-refractivity contribution in [3.63, 3.8) is 0 Å². The Hall–Kier alpha value is -4.23. The second-order valence-corrected chi connectivity index (χ2v) is 9.08. The molecule has 8 nitrogen and oxygen atoms in total. The average Bonchev–Trinajstić information content (AvgIpc) is 3.12. The van der Waals surface area contributed by atoms with Crippen molar-refractivity contribution < 1.29 is 32.4 Å². The molecular weight excluding hydrogens is 531 g/mol. The number of rotatable bonds is 6. The second-order valence-electron chi connectivity index (χ2n) is 7.40. The monoisotopic (exact) mass is 545 g/mol. The smallest absolute Gasteiger partial charge is 0.416 e. The summed E-state index contributed by atoms with van der Waals surface area (Å²) in [6, 6.07) is 16.2. The number of benzene rings is 3. The molecule has 0 radical (unpaired) electrons. The van der Waals surface area contributed by atoms with Gasteiger partial charge in [-0.2, -0.15) is 18.2 Å². The van der Waals surface area contributed by atoms with Crippen LogP contribution in [-0.2, 0) is 11.0 Å². The third kappa shape index (κ3) is 5.78. The van der Waals surface area contributed by atoms with Crippen LogP contribution >= 0.6 is 24.0 Å². The highest BCUT2D eigenvalue weighted by molar-refractivity contribution is 8.26. The van der Waals surface area contributed by atoms with Crippen molar-refractivity contribution in [3.8, 4) is 11.5 Å². The molecule has 0 unspecified atom stereocenters. The highest BCUT2D eigenvalue weighted by Gasteiger charge is 2.35. The number of amides is 2. The molecule has 0 aliphatic carbocycles. The number of hydrazine groups is 1. The van der Waals surface area contributed by atoms with E-state index in [1.165, 1.54) is 12.1 Å². The molecule has 1 saturated heterocycles. The second kappa shape index (κ2) is 10.4. The minimum atomic E-state index is -4.77. The zero-order valence-corrected chi connectivity index (χ0v) is 20.0. The Morgan fingerprint density at radius 3 is 2.41 bits per heavy atom. The van der Waals surface area contributed by atoms with Crippen molar-refractivity contribution in [2.24, 2.45) is 0 Å². The molecule has 1 aliphatic rings. The first-order valence-corrected chi connectivity index (χ1v) is 11.5. The summed E-state index contributed by atoms with van der Waals surface area (Å²) in [6.07, 6.45) is -3.37. The SMILES string of the molecule is O=C(NN1C(=O)C(=Cc2ccccc2Oc2ccc(C(F)(F)F)cc2[N+](=O)[O-])SC1=S)c1ccccc1. The van der Waals surface area contributed by atoms with E-state index < -0.39 is 39.9 Å². The van der Waals surface area contributed by atoms with E-state index in [9.17, 15) is 32.9 Å². The predicted molar refractivity (Wildman–Crippen MR) is 134 cm³/mol. The number of nitro groups is 1. The summed E-state index contributed by atoms with van der Waals surface area (Å²) in [7, 11) is 0. The number of hydrogen-bond donors (Lipinski definition) is 1. The highest BCUT2D eigenvalue weighted by Crippen LogP contribution is 2.39. The zero-order chi connectivity index (χ0) is 26.7. The van der Waals surface area contributed by atoms with Crippen molar-refractivity contribution in [2.45, 2.75) is 6.18 Å². The summed E-state index contributed by atoms with van der Waals surface area (Å²) in [5.74, 6) is -1.53. The summed E-state index contributed by atoms with van der Waals surface area (Å²) in [4.78, 5) is 35.9. The summed E-state index contributed by atoms with van der Waals surface area (Å²) < 4.78 is 44.7. The molecule has 13 heteroatoms. The maximum Gasteiger partial charge on any atom is 0.416 e. The minimum Gasteiger partial charge on any atom is -0.449 e. The van der Waals surface area contributed by atoms with Gasteiger partial charge in [-0.25, -0.2) is 0 Å². The number of thioether (sulfide) groups is 1. The number of halogens is 3. The Labute approximate surface area is 216 Å². The third-order valence-electron chi connectivity index (χ3n) is 4.95. The largest absolute Gasteiger partial charge is 0.449 e. The van der Waals surface area contributed by atoms with E-state index in [4.69, 9.17) is 17.0 Å². The molecule has 0 saturated carbocycles. The Bertz CT molecular complexity index is 1450. The van der Waals surface area contributed by atoms with Crippen molar-refractivity contribution >= 4 is 51.9 Å². The number of thiocarbonyl (C=S) groups is 1. The van der Waals surface area contributed by atoms with Gasteiger partial charge in [-0.3, -0.25) is 25.1 Å². The topological polar surface area (TPSA) is 102 Å². The fourth-order valence-electron chi connectivity index (χ4n) is 3.19. The summed E-state index contributed by atoms with van der Waals surface area (Å²) in [6.45, 7) is 0. The number of ether oxygens (including phenoxy) is 1. The number of carbonyl (C=O) groups is 2. The molecule has 0 aromatic heterocycles. The van der Waals surface area contributed by atoms with Crippen molar-refractivity contribution in [1.29, 1.82) is 0 Å². The van der Waals surface area contributed by atoms with Crippen LogP contribution in [0.4, 0.5) is 18.9 Å². The molecule has 1 N–H and O–H groups in total. The third-order valence-corrected chi connectivity index (χ3v) is 6.25. The highest BCUT2D eigenvalue weighted by atomic mass is 32.2. The first-order valence-electron chi connectivity index (χ1n) is 10.3. The van der Waals surface area contributed by atoms with Gasteiger partial charge in [0.05, 0.1) is 15.4 Å². The van der Waals surface area contributed by atoms with E-state index in [0.717, 1.165) is 22.8 Å². The number of hydrogen-bond acceptors (Lipinski definition) is 7. The van der Waals surface area contributed by atoms with Crippen LogP contribution in [0.1, 0.15) is 21.5 Å². The van der Waals surface area contributed by atoms with Crippen molar-refractivity contribution in [2.75, 3.05) is 0 Å². The molecule has 188 valence electrons. The van der Waals surface area contributed by atoms with Crippen LogP contribution in [0.3, 0.4) is 0 Å². The predicted octanol–water partition coefficient (Wildman–Crippen LogP) is 5.95.